The Hall–Kier alpha value is -6.96. The Kier molecular flexibility index (Phi) is 35.8. The van der Waals surface area contributed by atoms with Crippen LogP contribution in [0.25, 0.3) is 0 Å². The lowest BCUT2D eigenvalue weighted by molar-refractivity contribution is 0.0836. The average molecular weight is 1210 g/mol. The van der Waals surface area contributed by atoms with Crippen LogP contribution in [0.1, 0.15) is 180 Å². The van der Waals surface area contributed by atoms with Crippen molar-refractivity contribution < 1.29 is 57.2 Å². The summed E-state index contributed by atoms with van der Waals surface area (Å²) in [6.45, 7) is 13.2. The molecule has 0 saturated carbocycles. The molecule has 24 heteroatoms. The topological polar surface area (TPSA) is 341 Å². The highest BCUT2D eigenvalue weighted by atomic mass is 16.5. The molecule has 0 unspecified atom stereocenters. The van der Waals surface area contributed by atoms with E-state index < -0.39 is 35.4 Å². The van der Waals surface area contributed by atoms with Gasteiger partial charge in [0.15, 0.2) is 0 Å². The fourth-order valence-corrected chi connectivity index (χ4v) is 8.17. The van der Waals surface area contributed by atoms with E-state index >= 15 is 0 Å². The van der Waals surface area contributed by atoms with Crippen LogP contribution < -0.4 is 83.7 Å². The van der Waals surface area contributed by atoms with Crippen LogP contribution in [0.2, 0.25) is 0 Å². The molecule has 0 radical (unpaired) electrons. The van der Waals surface area contributed by atoms with E-state index in [0.29, 0.717) is 90.9 Å². The molecular formula is C62H102N12O12. The molecule has 482 valence electrons. The standard InChI is InChI=1S/C62H102N12O12/c1-43(2)21-35-85-55-42-56(86-36-22-44(3)4)50(62(80)72-70-60(78)48-38-46(58(76)68-28-30-74(7)8)52(82-32-18-10-14-24-64)41-54(48)84-34-20-12-16-26-66)39-49(55)61(79)71-69-59(77)47-37-45(57(75)67-27-29-73(5)6)51(81-31-17-9-13-23-63)40-53(47)83-33-19-11-15-25-65/h37-44H,9-36,63-66H2,1-8H3,(H,67,75)(H,68,76)(H,69,77)(H,70,78)(H,71,79)(H,72,80). The third-order valence-corrected chi connectivity index (χ3v) is 13.3. The number of rotatable bonds is 44. The minimum Gasteiger partial charge on any atom is -0.493 e. The van der Waals surface area contributed by atoms with Crippen LogP contribution in [-0.4, -0.2) is 165 Å². The molecule has 0 spiro atoms. The van der Waals surface area contributed by atoms with Crippen LogP contribution in [-0.2, 0) is 0 Å². The summed E-state index contributed by atoms with van der Waals surface area (Å²) in [5, 5.41) is 5.79. The van der Waals surface area contributed by atoms with Crippen molar-refractivity contribution in [2.75, 3.05) is 120 Å². The van der Waals surface area contributed by atoms with Gasteiger partial charge in [-0.3, -0.25) is 50.5 Å². The molecule has 0 bridgehead atoms. The van der Waals surface area contributed by atoms with E-state index in [2.05, 4.69) is 32.3 Å². The lowest BCUT2D eigenvalue weighted by Crippen LogP contribution is -2.43. The van der Waals surface area contributed by atoms with Gasteiger partial charge in [-0.25, -0.2) is 0 Å². The van der Waals surface area contributed by atoms with Gasteiger partial charge in [-0.15, -0.1) is 0 Å². The molecule has 0 aliphatic heterocycles. The lowest BCUT2D eigenvalue weighted by Gasteiger charge is -2.20. The minimum absolute atomic E-state index is 0.0370. The quantitative estimate of drug-likeness (QED) is 0.0254. The minimum atomic E-state index is -0.889. The fourth-order valence-electron chi connectivity index (χ4n) is 8.17. The molecule has 6 amide bonds. The van der Waals surface area contributed by atoms with Crippen molar-refractivity contribution in [3.63, 3.8) is 0 Å². The first-order chi connectivity index (χ1) is 41.3. The fraction of sp³-hybridized carbons (Fsp3) is 0.613. The van der Waals surface area contributed by atoms with Crippen LogP contribution in [0.3, 0.4) is 0 Å². The Morgan fingerprint density at radius 2 is 0.581 bits per heavy atom. The zero-order valence-electron chi connectivity index (χ0n) is 52.5. The Bertz CT molecular complexity index is 2380. The number of nitrogens with two attached hydrogens (primary N) is 4. The first-order valence-corrected chi connectivity index (χ1v) is 30.5. The molecule has 0 aliphatic rings. The summed E-state index contributed by atoms with van der Waals surface area (Å²) in [7, 11) is 7.51. The number of hydrazine groups is 2. The molecule has 0 aromatic heterocycles. The van der Waals surface area contributed by atoms with E-state index in [-0.39, 0.29) is 119 Å². The maximum atomic E-state index is 14.5. The van der Waals surface area contributed by atoms with Crippen LogP contribution in [0, 0.1) is 11.8 Å². The maximum absolute atomic E-state index is 14.5. The summed E-state index contributed by atoms with van der Waals surface area (Å²) in [6.07, 6.45) is 10.1. The third kappa shape index (κ3) is 27.6. The van der Waals surface area contributed by atoms with E-state index in [9.17, 15) is 28.8 Å². The molecule has 3 aromatic carbocycles. The van der Waals surface area contributed by atoms with Crippen LogP contribution in [0.15, 0.2) is 36.4 Å². The number of likely N-dealkylation sites (N-methyl/N-ethyl adjacent to an activating group) is 2. The Morgan fingerprint density at radius 1 is 0.349 bits per heavy atom. The number of nitrogens with one attached hydrogen (secondary N) is 6. The van der Waals surface area contributed by atoms with Gasteiger partial charge >= 0.3 is 0 Å². The molecule has 0 aliphatic carbocycles. The van der Waals surface area contributed by atoms with E-state index in [0.717, 1.165) is 51.4 Å². The van der Waals surface area contributed by atoms with Crippen LogP contribution in [0.4, 0.5) is 0 Å². The Labute approximate surface area is 509 Å². The van der Waals surface area contributed by atoms with Crippen molar-refractivity contribution >= 4 is 35.4 Å². The summed E-state index contributed by atoms with van der Waals surface area (Å²) in [4.78, 5) is 89.4. The number of carbonyl (C=O) groups excluding carboxylic acids is 6. The van der Waals surface area contributed by atoms with Gasteiger partial charge in [-0.2, -0.15) is 0 Å². The maximum Gasteiger partial charge on any atom is 0.273 e. The number of amides is 6. The van der Waals surface area contributed by atoms with Crippen molar-refractivity contribution in [1.29, 1.82) is 0 Å². The molecular weight excluding hydrogens is 1100 g/mol. The zero-order valence-corrected chi connectivity index (χ0v) is 52.5. The predicted octanol–water partition coefficient (Wildman–Crippen LogP) is 5.30. The van der Waals surface area contributed by atoms with Crippen LogP contribution in [0.5, 0.6) is 34.5 Å². The summed E-state index contributed by atoms with van der Waals surface area (Å²) >= 11 is 0. The summed E-state index contributed by atoms with van der Waals surface area (Å²) in [6, 6.07) is 8.41. The highest BCUT2D eigenvalue weighted by molar-refractivity contribution is 6.08. The smallest absolute Gasteiger partial charge is 0.273 e. The van der Waals surface area contributed by atoms with Crippen molar-refractivity contribution in [2.45, 2.75) is 118 Å². The molecule has 0 heterocycles. The molecule has 3 rings (SSSR count). The number of carbonyl (C=O) groups is 6. The Balaban J connectivity index is 2.14. The van der Waals surface area contributed by atoms with Gasteiger partial charge in [0.2, 0.25) is 0 Å². The van der Waals surface area contributed by atoms with Crippen molar-refractivity contribution in [3.05, 3.63) is 69.8 Å². The largest absolute Gasteiger partial charge is 0.493 e. The lowest BCUT2D eigenvalue weighted by atomic mass is 10.1. The van der Waals surface area contributed by atoms with Gasteiger partial charge in [0, 0.05) is 44.4 Å². The van der Waals surface area contributed by atoms with Gasteiger partial charge in [-0.05, 0) is 174 Å². The average Bonchev–Trinajstić information content (AvgIpc) is 2.21. The van der Waals surface area contributed by atoms with Gasteiger partial charge in [-0.1, -0.05) is 27.7 Å². The van der Waals surface area contributed by atoms with Crippen molar-refractivity contribution in [1.82, 2.24) is 42.1 Å². The number of benzene rings is 3. The first kappa shape index (κ1) is 73.3. The zero-order chi connectivity index (χ0) is 63.2. The van der Waals surface area contributed by atoms with Crippen molar-refractivity contribution in [3.8, 4) is 34.5 Å². The van der Waals surface area contributed by atoms with Gasteiger partial charge in [0.05, 0.1) is 73.0 Å². The second-order valence-electron chi connectivity index (χ2n) is 22.3. The first-order valence-electron chi connectivity index (χ1n) is 30.5. The molecule has 86 heavy (non-hydrogen) atoms. The molecule has 0 fully saturated rings. The highest BCUT2D eigenvalue weighted by Crippen LogP contribution is 2.34. The second-order valence-corrected chi connectivity index (χ2v) is 22.3. The summed E-state index contributed by atoms with van der Waals surface area (Å²) in [5.41, 5.74) is 32.5. The predicted molar refractivity (Wildman–Crippen MR) is 334 cm³/mol. The number of hydrogen-bond donors (Lipinski definition) is 10. The van der Waals surface area contributed by atoms with E-state index in [4.69, 9.17) is 51.4 Å². The van der Waals surface area contributed by atoms with E-state index in [1.165, 1.54) is 36.4 Å². The van der Waals surface area contributed by atoms with E-state index in [1.54, 1.807) is 0 Å². The second kappa shape index (κ2) is 42.0. The highest BCUT2D eigenvalue weighted by Gasteiger charge is 2.28. The van der Waals surface area contributed by atoms with Gasteiger partial charge in [0.25, 0.3) is 35.4 Å². The summed E-state index contributed by atoms with van der Waals surface area (Å²) in [5.74, 6) is -3.29. The van der Waals surface area contributed by atoms with Gasteiger partial charge in [0.1, 0.15) is 34.5 Å². The monoisotopic (exact) mass is 1210 g/mol. The third-order valence-electron chi connectivity index (χ3n) is 13.3. The number of hydrogen-bond acceptors (Lipinski definition) is 18. The van der Waals surface area contributed by atoms with Gasteiger partial charge < -0.3 is 71.8 Å². The molecule has 24 nitrogen and oxygen atoms in total. The number of nitrogens with zero attached hydrogens (tertiary/aromatic N) is 2. The molecule has 0 atom stereocenters. The summed E-state index contributed by atoms with van der Waals surface area (Å²) < 4.78 is 37.2. The van der Waals surface area contributed by atoms with Crippen LogP contribution >= 0.6 is 0 Å². The number of unbranched alkanes of at least 4 members (excludes halogenated alkanes) is 8. The Morgan fingerprint density at radius 3 is 0.802 bits per heavy atom. The number of ether oxygens (including phenoxy) is 6. The molecule has 14 N–H and O–H groups in total. The normalized spacial score (nSPS) is 11.2. The molecule has 3 aromatic rings. The van der Waals surface area contributed by atoms with E-state index in [1.807, 2.05) is 65.7 Å². The van der Waals surface area contributed by atoms with Crippen molar-refractivity contribution in [2.24, 2.45) is 34.8 Å². The molecule has 0 saturated heterocycles. The SMILES string of the molecule is CC(C)CCOc1cc(OCCC(C)C)c(C(=O)NNC(=O)c2cc(C(=O)NCCN(C)C)c(OCCCCCN)cc2OCCCCCN)cc1C(=O)NNC(=O)c1cc(C(=O)NCCN(C)C)c(OCCCCCN)cc1OCCCCCN.